The first-order valence-corrected chi connectivity index (χ1v) is 4.51. The second-order valence-electron chi connectivity index (χ2n) is 2.30. The molecule has 68 valence electrons. The summed E-state index contributed by atoms with van der Waals surface area (Å²) in [5.41, 5.74) is 0.945. The van der Waals surface area contributed by atoms with Gasteiger partial charge < -0.3 is 9.47 Å². The van der Waals surface area contributed by atoms with Gasteiger partial charge in [-0.15, -0.1) is 0 Å². The van der Waals surface area contributed by atoms with Gasteiger partial charge >= 0.3 is 0 Å². The van der Waals surface area contributed by atoms with Crippen LogP contribution in [0.15, 0.2) is 6.20 Å². The van der Waals surface area contributed by atoms with Gasteiger partial charge in [0.15, 0.2) is 0 Å². The maximum atomic E-state index is 5.12. The first-order chi connectivity index (χ1) is 5.70. The summed E-state index contributed by atoms with van der Waals surface area (Å²) in [6.45, 7) is 0. The van der Waals surface area contributed by atoms with Gasteiger partial charge in [-0.3, -0.25) is 4.68 Å². The molecular weight excluding hydrogens is 271 g/mol. The van der Waals surface area contributed by atoms with Gasteiger partial charge in [-0.1, -0.05) is 0 Å². The van der Waals surface area contributed by atoms with Gasteiger partial charge in [-0.05, 0) is 22.6 Å². The highest BCUT2D eigenvalue weighted by Gasteiger charge is 2.16. The van der Waals surface area contributed by atoms with Crippen molar-refractivity contribution in [2.24, 2.45) is 7.05 Å². The van der Waals surface area contributed by atoms with Gasteiger partial charge in [0.1, 0.15) is 5.69 Å². The van der Waals surface area contributed by atoms with Gasteiger partial charge in [0, 0.05) is 21.3 Å². The van der Waals surface area contributed by atoms with Crippen LogP contribution in [-0.4, -0.2) is 24.0 Å². The predicted molar refractivity (Wildman–Crippen MR) is 52.7 cm³/mol. The van der Waals surface area contributed by atoms with E-state index in [1.165, 1.54) is 0 Å². The Morgan fingerprint density at radius 2 is 2.08 bits per heavy atom. The molecular formula is C7H11IN2O2. The molecule has 1 rings (SSSR count). The fourth-order valence-electron chi connectivity index (χ4n) is 1.00. The summed E-state index contributed by atoms with van der Waals surface area (Å²) in [6.07, 6.45) is 1.45. The van der Waals surface area contributed by atoms with E-state index in [4.69, 9.17) is 9.47 Å². The molecule has 0 saturated heterocycles. The van der Waals surface area contributed by atoms with Crippen LogP contribution < -0.4 is 0 Å². The van der Waals surface area contributed by atoms with Crippen LogP contribution in [0.2, 0.25) is 0 Å². The first kappa shape index (κ1) is 9.94. The van der Waals surface area contributed by atoms with Crippen LogP contribution in [-0.2, 0) is 16.5 Å². The molecule has 0 aliphatic rings. The lowest BCUT2D eigenvalue weighted by atomic mass is 10.4. The zero-order valence-electron chi connectivity index (χ0n) is 7.24. The number of ether oxygens (including phenoxy) is 2. The number of aromatic nitrogens is 2. The summed E-state index contributed by atoms with van der Waals surface area (Å²) >= 11 is 2.20. The lowest BCUT2D eigenvalue weighted by Crippen LogP contribution is -2.10. The number of hydrogen-bond acceptors (Lipinski definition) is 3. The molecule has 12 heavy (non-hydrogen) atoms. The molecule has 0 bridgehead atoms. The Kier molecular flexibility index (Phi) is 3.48. The van der Waals surface area contributed by atoms with Crippen molar-refractivity contribution < 1.29 is 9.47 Å². The molecule has 0 aliphatic heterocycles. The average molecular weight is 282 g/mol. The van der Waals surface area contributed by atoms with Gasteiger partial charge in [-0.25, -0.2) is 0 Å². The third-order valence-corrected chi connectivity index (χ3v) is 2.42. The average Bonchev–Trinajstić information content (AvgIpc) is 2.38. The summed E-state index contributed by atoms with van der Waals surface area (Å²) in [7, 11) is 5.08. The van der Waals surface area contributed by atoms with E-state index >= 15 is 0 Å². The summed E-state index contributed by atoms with van der Waals surface area (Å²) < 4.78 is 13.0. The Morgan fingerprint density at radius 3 is 2.42 bits per heavy atom. The third-order valence-electron chi connectivity index (χ3n) is 1.59. The summed E-state index contributed by atoms with van der Waals surface area (Å²) in [5.74, 6) is 0. The Bertz CT molecular complexity index is 238. The normalized spacial score (nSPS) is 11.1. The van der Waals surface area contributed by atoms with Crippen LogP contribution in [0, 0.1) is 3.57 Å². The summed E-state index contributed by atoms with van der Waals surface area (Å²) in [6, 6.07) is 0. The monoisotopic (exact) mass is 282 g/mol. The molecule has 0 amide bonds. The standard InChI is InChI=1S/C7H11IN2O2/c1-10-6(5(8)4-9-10)7(11-2)12-3/h4,7H,1-3H3. The first-order valence-electron chi connectivity index (χ1n) is 3.43. The number of aryl methyl sites for hydroxylation is 1. The molecule has 0 atom stereocenters. The van der Waals surface area contributed by atoms with E-state index < -0.39 is 0 Å². The molecule has 5 heteroatoms. The number of halogens is 1. The lowest BCUT2D eigenvalue weighted by Gasteiger charge is -2.13. The summed E-state index contributed by atoms with van der Waals surface area (Å²) in [5, 5.41) is 4.08. The van der Waals surface area contributed by atoms with Gasteiger partial charge in [0.05, 0.1) is 9.77 Å². The number of hydrogen-bond donors (Lipinski definition) is 0. The van der Waals surface area contributed by atoms with Gasteiger partial charge in [-0.2, -0.15) is 5.10 Å². The van der Waals surface area contributed by atoms with Crippen molar-refractivity contribution >= 4 is 22.6 Å². The van der Waals surface area contributed by atoms with Crippen molar-refractivity contribution in [1.82, 2.24) is 9.78 Å². The summed E-state index contributed by atoms with van der Waals surface area (Å²) in [4.78, 5) is 0. The van der Waals surface area contributed by atoms with Crippen LogP contribution in [0.5, 0.6) is 0 Å². The van der Waals surface area contributed by atoms with E-state index in [1.54, 1.807) is 25.1 Å². The SMILES string of the molecule is COC(OC)c1c(I)cnn1C. The maximum absolute atomic E-state index is 5.12. The topological polar surface area (TPSA) is 36.3 Å². The van der Waals surface area contributed by atoms with E-state index in [1.807, 2.05) is 7.05 Å². The molecule has 0 aromatic carbocycles. The van der Waals surface area contributed by atoms with E-state index in [2.05, 4.69) is 27.7 Å². The number of rotatable bonds is 3. The van der Waals surface area contributed by atoms with Crippen molar-refractivity contribution in [3.63, 3.8) is 0 Å². The zero-order chi connectivity index (χ0) is 9.14. The van der Waals surface area contributed by atoms with E-state index in [9.17, 15) is 0 Å². The fraction of sp³-hybridized carbons (Fsp3) is 0.571. The van der Waals surface area contributed by atoms with E-state index in [0.29, 0.717) is 0 Å². The molecule has 0 saturated carbocycles. The predicted octanol–water partition coefficient (Wildman–Crippen LogP) is 1.32. The number of methoxy groups -OCH3 is 2. The molecule has 1 aromatic heterocycles. The van der Waals surface area contributed by atoms with Crippen molar-refractivity contribution in [3.05, 3.63) is 15.5 Å². The van der Waals surface area contributed by atoms with Crippen molar-refractivity contribution in [2.75, 3.05) is 14.2 Å². The molecule has 0 radical (unpaired) electrons. The fourth-order valence-corrected chi connectivity index (χ4v) is 1.73. The highest BCUT2D eigenvalue weighted by Crippen LogP contribution is 2.21. The van der Waals surface area contributed by atoms with Gasteiger partial charge in [0.25, 0.3) is 0 Å². The Balaban J connectivity index is 2.98. The van der Waals surface area contributed by atoms with Crippen molar-refractivity contribution in [1.29, 1.82) is 0 Å². The Hall–Kier alpha value is -0.140. The van der Waals surface area contributed by atoms with E-state index in [-0.39, 0.29) is 6.29 Å². The highest BCUT2D eigenvalue weighted by molar-refractivity contribution is 14.1. The molecule has 0 unspecified atom stereocenters. The van der Waals surface area contributed by atoms with Crippen LogP contribution in [0.4, 0.5) is 0 Å². The smallest absolute Gasteiger partial charge is 0.201 e. The van der Waals surface area contributed by atoms with Crippen LogP contribution in [0.1, 0.15) is 12.0 Å². The molecule has 1 heterocycles. The Labute approximate surface area is 85.0 Å². The molecule has 0 N–H and O–H groups in total. The molecule has 0 fully saturated rings. The molecule has 4 nitrogen and oxygen atoms in total. The zero-order valence-corrected chi connectivity index (χ0v) is 9.40. The van der Waals surface area contributed by atoms with Crippen LogP contribution in [0.3, 0.4) is 0 Å². The molecule has 0 spiro atoms. The highest BCUT2D eigenvalue weighted by atomic mass is 127. The number of nitrogens with zero attached hydrogens (tertiary/aromatic N) is 2. The second kappa shape index (κ2) is 4.20. The minimum absolute atomic E-state index is 0.329. The minimum atomic E-state index is -0.329. The maximum Gasteiger partial charge on any atom is 0.201 e. The molecule has 0 aliphatic carbocycles. The quantitative estimate of drug-likeness (QED) is 0.619. The van der Waals surface area contributed by atoms with E-state index in [0.717, 1.165) is 9.26 Å². The second-order valence-corrected chi connectivity index (χ2v) is 3.47. The van der Waals surface area contributed by atoms with Gasteiger partial charge in [0.2, 0.25) is 6.29 Å². The van der Waals surface area contributed by atoms with Crippen LogP contribution >= 0.6 is 22.6 Å². The molecule has 1 aromatic rings. The lowest BCUT2D eigenvalue weighted by molar-refractivity contribution is -0.111. The third kappa shape index (κ3) is 1.78. The Morgan fingerprint density at radius 1 is 1.50 bits per heavy atom. The minimum Gasteiger partial charge on any atom is -0.350 e. The van der Waals surface area contributed by atoms with Crippen molar-refractivity contribution in [3.8, 4) is 0 Å². The largest absolute Gasteiger partial charge is 0.350 e. The van der Waals surface area contributed by atoms with Crippen molar-refractivity contribution in [2.45, 2.75) is 6.29 Å². The van der Waals surface area contributed by atoms with Crippen LogP contribution in [0.25, 0.3) is 0 Å².